The summed E-state index contributed by atoms with van der Waals surface area (Å²) in [6.45, 7) is 0. The van der Waals surface area contributed by atoms with E-state index in [2.05, 4.69) is 0 Å². The summed E-state index contributed by atoms with van der Waals surface area (Å²) in [5, 5.41) is -0.0693. The zero-order chi connectivity index (χ0) is 6.69. The van der Waals surface area contributed by atoms with Crippen molar-refractivity contribution in [3.8, 4) is 0 Å². The molecule has 1 unspecified atom stereocenters. The Labute approximate surface area is 64.1 Å². The van der Waals surface area contributed by atoms with Crippen molar-refractivity contribution in [2.75, 3.05) is 5.75 Å². The fourth-order valence-electron chi connectivity index (χ4n) is 0.920. The second-order valence-electron chi connectivity index (χ2n) is 2.16. The van der Waals surface area contributed by atoms with E-state index < -0.39 is 0 Å². The molecule has 0 aromatic rings. The smallest absolute Gasteiger partial charge is 0.234 e. The van der Waals surface area contributed by atoms with Crippen LogP contribution in [0.25, 0.3) is 0 Å². The predicted octanol–water partition coefficient (Wildman–Crippen LogP) is 2.04. The summed E-state index contributed by atoms with van der Waals surface area (Å²) in [5.74, 6) is 1.10. The molecule has 0 aromatic carbocycles. The summed E-state index contributed by atoms with van der Waals surface area (Å²) >= 11 is 6.99. The van der Waals surface area contributed by atoms with Gasteiger partial charge in [-0.1, -0.05) is 6.42 Å². The molecular weight excluding hydrogens is 156 g/mol. The lowest BCUT2D eigenvalue weighted by Gasteiger charge is -2.16. The molecule has 1 nitrogen and oxygen atoms in total. The second-order valence-corrected chi connectivity index (χ2v) is 3.84. The van der Waals surface area contributed by atoms with Crippen molar-refractivity contribution in [3.63, 3.8) is 0 Å². The minimum absolute atomic E-state index is 0.0976. The summed E-state index contributed by atoms with van der Waals surface area (Å²) in [6, 6.07) is 0. The van der Waals surface area contributed by atoms with Crippen LogP contribution in [0.5, 0.6) is 0 Å². The third-order valence-corrected chi connectivity index (χ3v) is 3.20. The van der Waals surface area contributed by atoms with Gasteiger partial charge in [0.1, 0.15) is 0 Å². The van der Waals surface area contributed by atoms with Gasteiger partial charge in [-0.2, -0.15) is 0 Å². The van der Waals surface area contributed by atoms with Crippen molar-refractivity contribution in [2.24, 2.45) is 0 Å². The standard InChI is InChI=1S/C6H9ClOS/c7-6(8)5-3-1-2-4-9-5/h5H,1-4H2. The first-order chi connectivity index (χ1) is 4.30. The number of hydrogen-bond donors (Lipinski definition) is 0. The predicted molar refractivity (Wildman–Crippen MR) is 41.0 cm³/mol. The molecule has 0 aromatic heterocycles. The molecule has 0 radical (unpaired) electrons. The van der Waals surface area contributed by atoms with Crippen molar-refractivity contribution in [1.82, 2.24) is 0 Å². The lowest BCUT2D eigenvalue weighted by Crippen LogP contribution is -2.15. The lowest BCUT2D eigenvalue weighted by atomic mass is 10.2. The highest BCUT2D eigenvalue weighted by Crippen LogP contribution is 2.26. The molecule has 1 atom stereocenters. The van der Waals surface area contributed by atoms with E-state index >= 15 is 0 Å². The maximum absolute atomic E-state index is 10.5. The number of carbonyl (C=O) groups is 1. The molecule has 0 N–H and O–H groups in total. The van der Waals surface area contributed by atoms with Gasteiger partial charge in [-0.05, 0) is 30.2 Å². The zero-order valence-electron chi connectivity index (χ0n) is 5.10. The van der Waals surface area contributed by atoms with Gasteiger partial charge in [0.25, 0.3) is 0 Å². The van der Waals surface area contributed by atoms with Gasteiger partial charge in [0, 0.05) is 0 Å². The summed E-state index contributed by atoms with van der Waals surface area (Å²) in [6.07, 6.45) is 3.38. The van der Waals surface area contributed by atoms with Gasteiger partial charge in [-0.15, -0.1) is 11.8 Å². The number of hydrogen-bond acceptors (Lipinski definition) is 2. The van der Waals surface area contributed by atoms with Crippen molar-refractivity contribution < 1.29 is 4.79 Å². The van der Waals surface area contributed by atoms with Crippen LogP contribution < -0.4 is 0 Å². The molecule has 9 heavy (non-hydrogen) atoms. The normalized spacial score (nSPS) is 27.9. The van der Waals surface area contributed by atoms with Crippen LogP contribution in [0.3, 0.4) is 0 Å². The zero-order valence-corrected chi connectivity index (χ0v) is 6.67. The van der Waals surface area contributed by atoms with Crippen molar-refractivity contribution >= 4 is 28.6 Å². The van der Waals surface area contributed by atoms with Gasteiger partial charge in [-0.25, -0.2) is 0 Å². The summed E-state index contributed by atoms with van der Waals surface area (Å²) in [7, 11) is 0. The highest BCUT2D eigenvalue weighted by atomic mass is 35.5. The average molecular weight is 165 g/mol. The molecule has 1 aliphatic heterocycles. The van der Waals surface area contributed by atoms with Gasteiger partial charge >= 0.3 is 0 Å². The third-order valence-electron chi connectivity index (χ3n) is 1.43. The number of halogens is 1. The molecule has 0 spiro atoms. The molecule has 1 fully saturated rings. The number of rotatable bonds is 1. The molecule has 0 saturated carbocycles. The van der Waals surface area contributed by atoms with Crippen molar-refractivity contribution in [2.45, 2.75) is 24.5 Å². The van der Waals surface area contributed by atoms with E-state index in [4.69, 9.17) is 11.6 Å². The fraction of sp³-hybridized carbons (Fsp3) is 0.833. The molecule has 3 heteroatoms. The van der Waals surface area contributed by atoms with E-state index in [0.29, 0.717) is 0 Å². The Morgan fingerprint density at radius 2 is 2.33 bits per heavy atom. The number of thioether (sulfide) groups is 1. The first kappa shape index (κ1) is 7.42. The molecule has 1 aliphatic rings. The van der Waals surface area contributed by atoms with Crippen LogP contribution in [0.1, 0.15) is 19.3 Å². The Kier molecular flexibility index (Phi) is 2.86. The Morgan fingerprint density at radius 1 is 1.56 bits per heavy atom. The maximum Gasteiger partial charge on any atom is 0.234 e. The number of carbonyl (C=O) groups excluding carboxylic acids is 1. The second kappa shape index (κ2) is 3.47. The molecule has 1 saturated heterocycles. The first-order valence-electron chi connectivity index (χ1n) is 3.11. The average Bonchev–Trinajstić information content (AvgIpc) is 1.90. The highest BCUT2D eigenvalue weighted by molar-refractivity contribution is 8.00. The Bertz CT molecular complexity index is 110. The Morgan fingerprint density at radius 3 is 2.67 bits per heavy atom. The Balaban J connectivity index is 2.31. The molecule has 52 valence electrons. The third kappa shape index (κ3) is 2.18. The molecule has 1 rings (SSSR count). The lowest BCUT2D eigenvalue weighted by molar-refractivity contribution is -0.111. The van der Waals surface area contributed by atoms with Crippen LogP contribution >= 0.6 is 23.4 Å². The Hall–Kier alpha value is 0.310. The van der Waals surface area contributed by atoms with E-state index in [9.17, 15) is 4.79 Å². The monoisotopic (exact) mass is 164 g/mol. The molecule has 0 bridgehead atoms. The van der Waals surface area contributed by atoms with Gasteiger partial charge in [0.15, 0.2) is 0 Å². The van der Waals surface area contributed by atoms with Crippen LogP contribution in [0.2, 0.25) is 0 Å². The van der Waals surface area contributed by atoms with Gasteiger partial charge in [0.05, 0.1) is 5.25 Å². The summed E-state index contributed by atoms with van der Waals surface area (Å²) in [5.41, 5.74) is 0. The van der Waals surface area contributed by atoms with Crippen molar-refractivity contribution in [1.29, 1.82) is 0 Å². The largest absolute Gasteiger partial charge is 0.280 e. The van der Waals surface area contributed by atoms with E-state index in [1.165, 1.54) is 6.42 Å². The van der Waals surface area contributed by atoms with E-state index in [1.54, 1.807) is 11.8 Å². The molecular formula is C6H9ClOS. The van der Waals surface area contributed by atoms with E-state index in [1.807, 2.05) is 0 Å². The first-order valence-corrected chi connectivity index (χ1v) is 4.54. The maximum atomic E-state index is 10.5. The quantitative estimate of drug-likeness (QED) is 0.552. The van der Waals surface area contributed by atoms with Crippen LogP contribution in [-0.4, -0.2) is 16.2 Å². The highest BCUT2D eigenvalue weighted by Gasteiger charge is 2.18. The summed E-state index contributed by atoms with van der Waals surface area (Å²) in [4.78, 5) is 10.5. The van der Waals surface area contributed by atoms with Gasteiger partial charge in [0.2, 0.25) is 5.24 Å². The molecule has 0 amide bonds. The fourth-order valence-corrected chi connectivity index (χ4v) is 2.34. The van der Waals surface area contributed by atoms with Crippen LogP contribution in [0.15, 0.2) is 0 Å². The molecule has 1 heterocycles. The SMILES string of the molecule is O=C(Cl)C1CCCCS1. The minimum Gasteiger partial charge on any atom is -0.280 e. The van der Waals surface area contributed by atoms with Gasteiger partial charge in [-0.3, -0.25) is 4.79 Å². The van der Waals surface area contributed by atoms with Crippen molar-refractivity contribution in [3.05, 3.63) is 0 Å². The topological polar surface area (TPSA) is 17.1 Å². The summed E-state index contributed by atoms with van der Waals surface area (Å²) < 4.78 is 0. The van der Waals surface area contributed by atoms with E-state index in [-0.39, 0.29) is 10.5 Å². The van der Waals surface area contributed by atoms with E-state index in [0.717, 1.165) is 18.6 Å². The van der Waals surface area contributed by atoms with Crippen LogP contribution in [0.4, 0.5) is 0 Å². The van der Waals surface area contributed by atoms with Gasteiger partial charge < -0.3 is 0 Å². The minimum atomic E-state index is -0.167. The van der Waals surface area contributed by atoms with Crippen LogP contribution in [0, 0.1) is 0 Å². The molecule has 0 aliphatic carbocycles. The van der Waals surface area contributed by atoms with Crippen LogP contribution in [-0.2, 0) is 4.79 Å².